The lowest BCUT2D eigenvalue weighted by Crippen LogP contribution is -2.50. The third kappa shape index (κ3) is 5.45. The number of imide groups is 1. The number of carbonyl (C=O) groups is 3. The van der Waals surface area contributed by atoms with Crippen LogP contribution in [0.1, 0.15) is 49.4 Å². The van der Waals surface area contributed by atoms with Crippen LogP contribution >= 0.6 is 0 Å². The molecule has 1 heterocycles. The largest absolute Gasteiger partial charge is 0.449 e. The van der Waals surface area contributed by atoms with Gasteiger partial charge in [-0.05, 0) is 77.9 Å². The van der Waals surface area contributed by atoms with E-state index >= 15 is 0 Å². The zero-order chi connectivity index (χ0) is 21.1. The van der Waals surface area contributed by atoms with Gasteiger partial charge in [-0.25, -0.2) is 9.59 Å². The van der Waals surface area contributed by atoms with Crippen molar-refractivity contribution in [3.05, 3.63) is 53.3 Å². The van der Waals surface area contributed by atoms with Crippen molar-refractivity contribution in [1.29, 1.82) is 0 Å². The number of nitrogens with zero attached hydrogens (tertiary/aromatic N) is 1. The highest BCUT2D eigenvalue weighted by molar-refractivity contribution is 5.98. The van der Waals surface area contributed by atoms with Gasteiger partial charge in [-0.15, -0.1) is 0 Å². The van der Waals surface area contributed by atoms with E-state index in [9.17, 15) is 14.4 Å². The topological polar surface area (TPSA) is 89.4 Å². The first kappa shape index (κ1) is 21.2. The van der Waals surface area contributed by atoms with Gasteiger partial charge in [0.05, 0.1) is 5.56 Å². The fourth-order valence-electron chi connectivity index (χ4n) is 2.69. The number of amides is 3. The summed E-state index contributed by atoms with van der Waals surface area (Å²) >= 11 is 0. The van der Waals surface area contributed by atoms with Crippen LogP contribution in [0.4, 0.5) is 4.79 Å². The van der Waals surface area contributed by atoms with E-state index in [4.69, 9.17) is 4.74 Å². The Morgan fingerprint density at radius 1 is 0.964 bits per heavy atom. The Morgan fingerprint density at radius 2 is 1.50 bits per heavy atom. The molecule has 2 N–H and O–H groups in total. The number of hydrogen-bond donors (Lipinski definition) is 2. The molecule has 1 aromatic heterocycles. The van der Waals surface area contributed by atoms with Gasteiger partial charge in [0, 0.05) is 22.6 Å². The van der Waals surface area contributed by atoms with Gasteiger partial charge in [-0.1, -0.05) is 0 Å². The molecule has 0 aliphatic carbocycles. The molecule has 0 spiro atoms. The second-order valence-electron chi connectivity index (χ2n) is 7.74. The maximum atomic E-state index is 12.3. The van der Waals surface area contributed by atoms with Gasteiger partial charge in [0.15, 0.2) is 6.10 Å². The number of nitrogens with one attached hydrogen (secondary N) is 2. The molecule has 2 rings (SSSR count). The van der Waals surface area contributed by atoms with Crippen molar-refractivity contribution in [2.45, 2.75) is 53.2 Å². The summed E-state index contributed by atoms with van der Waals surface area (Å²) in [6.07, 6.45) is -1.10. The van der Waals surface area contributed by atoms with Crippen LogP contribution in [-0.4, -0.2) is 34.1 Å². The SMILES string of the molecule is Cc1ccc(C)n1-c1ccc(C(=O)O[C@H](C)C(=O)NC(=O)NC(C)(C)C)cc1. The Hall–Kier alpha value is -3.09. The number of hydrogen-bond acceptors (Lipinski definition) is 4. The first-order chi connectivity index (χ1) is 13.0. The number of urea groups is 1. The summed E-state index contributed by atoms with van der Waals surface area (Å²) in [5, 5.41) is 4.77. The summed E-state index contributed by atoms with van der Waals surface area (Å²) in [7, 11) is 0. The van der Waals surface area contributed by atoms with Crippen molar-refractivity contribution >= 4 is 17.9 Å². The first-order valence-corrected chi connectivity index (χ1v) is 9.07. The highest BCUT2D eigenvalue weighted by atomic mass is 16.5. The molecule has 1 atom stereocenters. The van der Waals surface area contributed by atoms with Crippen LogP contribution in [0.3, 0.4) is 0 Å². The van der Waals surface area contributed by atoms with Gasteiger partial charge in [0.1, 0.15) is 0 Å². The number of carbonyl (C=O) groups excluding carboxylic acids is 3. The predicted molar refractivity (Wildman–Crippen MR) is 107 cm³/mol. The lowest BCUT2D eigenvalue weighted by Gasteiger charge is -2.21. The molecule has 0 radical (unpaired) electrons. The van der Waals surface area contributed by atoms with Crippen LogP contribution in [0.2, 0.25) is 0 Å². The van der Waals surface area contributed by atoms with Gasteiger partial charge in [-0.2, -0.15) is 0 Å². The van der Waals surface area contributed by atoms with Crippen LogP contribution < -0.4 is 10.6 Å². The van der Waals surface area contributed by atoms with E-state index in [2.05, 4.69) is 15.2 Å². The van der Waals surface area contributed by atoms with E-state index in [1.165, 1.54) is 6.92 Å². The summed E-state index contributed by atoms with van der Waals surface area (Å²) < 4.78 is 7.24. The van der Waals surface area contributed by atoms with Crippen LogP contribution in [0, 0.1) is 13.8 Å². The van der Waals surface area contributed by atoms with Crippen LogP contribution in [0.15, 0.2) is 36.4 Å². The summed E-state index contributed by atoms with van der Waals surface area (Å²) in [6, 6.07) is 10.3. The number of aryl methyl sites for hydroxylation is 2. The number of esters is 1. The van der Waals surface area contributed by atoms with Gasteiger partial charge in [-0.3, -0.25) is 10.1 Å². The Kier molecular flexibility index (Phi) is 6.28. The lowest BCUT2D eigenvalue weighted by molar-refractivity contribution is -0.127. The van der Waals surface area contributed by atoms with E-state index in [1.54, 1.807) is 32.9 Å². The molecule has 1 aromatic carbocycles. The predicted octanol–water partition coefficient (Wildman–Crippen LogP) is 3.26. The fourth-order valence-corrected chi connectivity index (χ4v) is 2.69. The lowest BCUT2D eigenvalue weighted by atomic mass is 10.1. The van der Waals surface area contributed by atoms with Gasteiger partial charge in [0.25, 0.3) is 5.91 Å². The minimum Gasteiger partial charge on any atom is -0.449 e. The Bertz CT molecular complexity index is 857. The molecule has 7 heteroatoms. The van der Waals surface area contributed by atoms with Gasteiger partial charge in [0.2, 0.25) is 0 Å². The molecule has 0 saturated carbocycles. The van der Waals surface area contributed by atoms with E-state index in [1.807, 2.05) is 38.1 Å². The van der Waals surface area contributed by atoms with Gasteiger partial charge < -0.3 is 14.6 Å². The van der Waals surface area contributed by atoms with Crippen molar-refractivity contribution in [2.24, 2.45) is 0 Å². The molecule has 7 nitrogen and oxygen atoms in total. The molecular formula is C21H27N3O4. The molecule has 3 amide bonds. The maximum Gasteiger partial charge on any atom is 0.338 e. The van der Waals surface area contributed by atoms with Crippen molar-refractivity contribution in [3.63, 3.8) is 0 Å². The molecule has 0 aliphatic rings. The molecular weight excluding hydrogens is 358 g/mol. The molecule has 150 valence electrons. The minimum atomic E-state index is -1.10. The monoisotopic (exact) mass is 385 g/mol. The third-order valence-electron chi connectivity index (χ3n) is 4.01. The zero-order valence-electron chi connectivity index (χ0n) is 17.1. The normalized spacial score (nSPS) is 12.2. The second kappa shape index (κ2) is 8.29. The average Bonchev–Trinajstić information content (AvgIpc) is 2.91. The summed E-state index contributed by atoms with van der Waals surface area (Å²) in [5.41, 5.74) is 2.95. The minimum absolute atomic E-state index is 0.324. The van der Waals surface area contributed by atoms with E-state index < -0.39 is 29.6 Å². The maximum absolute atomic E-state index is 12.3. The van der Waals surface area contributed by atoms with E-state index in [-0.39, 0.29) is 0 Å². The smallest absolute Gasteiger partial charge is 0.338 e. The fraction of sp³-hybridized carbons (Fsp3) is 0.381. The molecule has 0 aliphatic heterocycles. The molecule has 0 unspecified atom stereocenters. The first-order valence-electron chi connectivity index (χ1n) is 9.07. The third-order valence-corrected chi connectivity index (χ3v) is 4.01. The zero-order valence-corrected chi connectivity index (χ0v) is 17.1. The number of ether oxygens (including phenoxy) is 1. The Balaban J connectivity index is 1.98. The molecule has 0 saturated heterocycles. The number of benzene rings is 1. The molecule has 2 aromatic rings. The quantitative estimate of drug-likeness (QED) is 0.791. The highest BCUT2D eigenvalue weighted by Crippen LogP contribution is 2.17. The average molecular weight is 385 g/mol. The summed E-state index contributed by atoms with van der Waals surface area (Å²) in [5.74, 6) is -1.32. The Morgan fingerprint density at radius 3 is 2.00 bits per heavy atom. The van der Waals surface area contributed by atoms with E-state index in [0.717, 1.165) is 17.1 Å². The second-order valence-corrected chi connectivity index (χ2v) is 7.74. The molecule has 0 fully saturated rings. The van der Waals surface area contributed by atoms with Crippen LogP contribution in [0.5, 0.6) is 0 Å². The van der Waals surface area contributed by atoms with Crippen LogP contribution in [-0.2, 0) is 9.53 Å². The summed E-state index contributed by atoms with van der Waals surface area (Å²) in [4.78, 5) is 36.1. The van der Waals surface area contributed by atoms with Crippen molar-refractivity contribution in [2.75, 3.05) is 0 Å². The van der Waals surface area contributed by atoms with Crippen molar-refractivity contribution in [1.82, 2.24) is 15.2 Å². The highest BCUT2D eigenvalue weighted by Gasteiger charge is 2.22. The van der Waals surface area contributed by atoms with Crippen molar-refractivity contribution < 1.29 is 19.1 Å². The summed E-state index contributed by atoms with van der Waals surface area (Å²) in [6.45, 7) is 10.8. The van der Waals surface area contributed by atoms with Crippen molar-refractivity contribution in [3.8, 4) is 5.69 Å². The number of rotatable bonds is 4. The number of aromatic nitrogens is 1. The van der Waals surface area contributed by atoms with Gasteiger partial charge >= 0.3 is 12.0 Å². The molecule has 28 heavy (non-hydrogen) atoms. The van der Waals surface area contributed by atoms with E-state index in [0.29, 0.717) is 5.56 Å². The Labute approximate surface area is 165 Å². The molecule has 0 bridgehead atoms. The van der Waals surface area contributed by atoms with Crippen LogP contribution in [0.25, 0.3) is 5.69 Å². The standard InChI is InChI=1S/C21H27N3O4/c1-13-7-8-14(2)24(13)17-11-9-16(10-12-17)19(26)28-15(3)18(25)22-20(27)23-21(4,5)6/h7-12,15H,1-6H3,(H2,22,23,25,27)/t15-/m1/s1.